The van der Waals surface area contributed by atoms with Gasteiger partial charge in [-0.05, 0) is 19.4 Å². The van der Waals surface area contributed by atoms with Gasteiger partial charge in [0.1, 0.15) is 0 Å². The molecule has 1 aliphatic rings. The summed E-state index contributed by atoms with van der Waals surface area (Å²) in [6.07, 6.45) is 6.29. The number of hydrogen-bond donors (Lipinski definition) is 2. The van der Waals surface area contributed by atoms with Gasteiger partial charge in [-0.1, -0.05) is 25.7 Å². The molecule has 0 aromatic rings. The molecule has 0 bridgehead atoms. The highest BCUT2D eigenvalue weighted by Gasteiger charge is 2.17. The maximum absolute atomic E-state index is 9.45. The van der Waals surface area contributed by atoms with Crippen LogP contribution in [0.15, 0.2) is 0 Å². The van der Waals surface area contributed by atoms with E-state index in [2.05, 4.69) is 5.32 Å². The van der Waals surface area contributed by atoms with E-state index in [1.165, 1.54) is 25.7 Å². The molecular formula is C9H19NO. The SMILES string of the molecule is CNCC(O)CC1CCCC1. The lowest BCUT2D eigenvalue weighted by atomic mass is 10.0. The third-order valence-corrected chi connectivity index (χ3v) is 2.52. The number of nitrogens with one attached hydrogen (secondary N) is 1. The van der Waals surface area contributed by atoms with Crippen LogP contribution in [0.4, 0.5) is 0 Å². The lowest BCUT2D eigenvalue weighted by Gasteiger charge is -2.14. The van der Waals surface area contributed by atoms with E-state index in [-0.39, 0.29) is 6.10 Å². The van der Waals surface area contributed by atoms with Gasteiger partial charge in [0.2, 0.25) is 0 Å². The topological polar surface area (TPSA) is 32.3 Å². The van der Waals surface area contributed by atoms with Crippen molar-refractivity contribution < 1.29 is 5.11 Å². The fourth-order valence-corrected chi connectivity index (χ4v) is 1.95. The lowest BCUT2D eigenvalue weighted by molar-refractivity contribution is 0.143. The number of aliphatic hydroxyl groups is 1. The van der Waals surface area contributed by atoms with E-state index in [4.69, 9.17) is 0 Å². The second-order valence-electron chi connectivity index (χ2n) is 3.60. The average molecular weight is 157 g/mol. The molecule has 2 heteroatoms. The van der Waals surface area contributed by atoms with Crippen molar-refractivity contribution in [1.29, 1.82) is 0 Å². The van der Waals surface area contributed by atoms with Crippen molar-refractivity contribution in [2.24, 2.45) is 5.92 Å². The second kappa shape index (κ2) is 4.73. The summed E-state index contributed by atoms with van der Waals surface area (Å²) in [5.41, 5.74) is 0. The number of hydrogen-bond acceptors (Lipinski definition) is 2. The first-order valence-corrected chi connectivity index (χ1v) is 4.65. The molecule has 2 nitrogen and oxygen atoms in total. The molecule has 0 saturated heterocycles. The predicted octanol–water partition coefficient (Wildman–Crippen LogP) is 1.15. The van der Waals surface area contributed by atoms with Gasteiger partial charge in [0.15, 0.2) is 0 Å². The lowest BCUT2D eigenvalue weighted by Crippen LogP contribution is -2.25. The third-order valence-electron chi connectivity index (χ3n) is 2.52. The van der Waals surface area contributed by atoms with Crippen molar-refractivity contribution in [3.63, 3.8) is 0 Å². The Morgan fingerprint density at radius 2 is 2.09 bits per heavy atom. The Kier molecular flexibility index (Phi) is 3.87. The minimum absolute atomic E-state index is 0.122. The average Bonchev–Trinajstić information content (AvgIpc) is 2.40. The monoisotopic (exact) mass is 157 g/mol. The summed E-state index contributed by atoms with van der Waals surface area (Å²) in [6.45, 7) is 0.747. The van der Waals surface area contributed by atoms with Crippen LogP contribution in [0.3, 0.4) is 0 Å². The summed E-state index contributed by atoms with van der Waals surface area (Å²) < 4.78 is 0. The Bertz CT molecular complexity index is 99.7. The van der Waals surface area contributed by atoms with Gasteiger partial charge in [0, 0.05) is 6.54 Å². The van der Waals surface area contributed by atoms with Gasteiger partial charge in [0.05, 0.1) is 6.10 Å². The summed E-state index contributed by atoms with van der Waals surface area (Å²) in [5.74, 6) is 0.804. The number of aliphatic hydroxyl groups excluding tert-OH is 1. The van der Waals surface area contributed by atoms with Crippen LogP contribution in [0.1, 0.15) is 32.1 Å². The van der Waals surface area contributed by atoms with Gasteiger partial charge >= 0.3 is 0 Å². The normalized spacial score (nSPS) is 22.4. The summed E-state index contributed by atoms with van der Waals surface area (Å²) in [4.78, 5) is 0. The van der Waals surface area contributed by atoms with Gasteiger partial charge in [-0.2, -0.15) is 0 Å². The van der Waals surface area contributed by atoms with Crippen molar-refractivity contribution in [3.8, 4) is 0 Å². The Morgan fingerprint density at radius 3 is 2.64 bits per heavy atom. The molecule has 2 N–H and O–H groups in total. The van der Waals surface area contributed by atoms with Gasteiger partial charge in [-0.3, -0.25) is 0 Å². The highest BCUT2D eigenvalue weighted by molar-refractivity contribution is 4.71. The van der Waals surface area contributed by atoms with Crippen molar-refractivity contribution in [2.75, 3.05) is 13.6 Å². The summed E-state index contributed by atoms with van der Waals surface area (Å²) >= 11 is 0. The van der Waals surface area contributed by atoms with Crippen LogP contribution < -0.4 is 5.32 Å². The smallest absolute Gasteiger partial charge is 0.0667 e. The van der Waals surface area contributed by atoms with E-state index < -0.39 is 0 Å². The maximum Gasteiger partial charge on any atom is 0.0667 e. The largest absolute Gasteiger partial charge is 0.392 e. The Balaban J connectivity index is 2.08. The summed E-state index contributed by atoms with van der Waals surface area (Å²) in [7, 11) is 1.89. The van der Waals surface area contributed by atoms with Gasteiger partial charge < -0.3 is 10.4 Å². The summed E-state index contributed by atoms with van der Waals surface area (Å²) in [5, 5.41) is 12.4. The van der Waals surface area contributed by atoms with Crippen molar-refractivity contribution >= 4 is 0 Å². The fourth-order valence-electron chi connectivity index (χ4n) is 1.95. The van der Waals surface area contributed by atoms with E-state index in [1.807, 2.05) is 7.05 Å². The zero-order valence-corrected chi connectivity index (χ0v) is 7.34. The predicted molar refractivity (Wildman–Crippen MR) is 46.5 cm³/mol. The molecule has 1 atom stereocenters. The molecule has 1 aliphatic carbocycles. The van der Waals surface area contributed by atoms with E-state index in [1.54, 1.807) is 0 Å². The molecule has 66 valence electrons. The number of rotatable bonds is 4. The Labute approximate surface area is 69.0 Å². The molecular weight excluding hydrogens is 138 g/mol. The Morgan fingerprint density at radius 1 is 1.45 bits per heavy atom. The van der Waals surface area contributed by atoms with Crippen molar-refractivity contribution in [1.82, 2.24) is 5.32 Å². The van der Waals surface area contributed by atoms with E-state index in [9.17, 15) is 5.11 Å². The molecule has 0 aliphatic heterocycles. The molecule has 1 unspecified atom stereocenters. The first-order valence-electron chi connectivity index (χ1n) is 4.65. The van der Waals surface area contributed by atoms with Crippen LogP contribution in [0.25, 0.3) is 0 Å². The Hall–Kier alpha value is -0.0800. The van der Waals surface area contributed by atoms with Gasteiger partial charge in [0.25, 0.3) is 0 Å². The standard InChI is InChI=1S/C9H19NO/c1-10-7-9(11)6-8-4-2-3-5-8/h8-11H,2-7H2,1H3. The van der Waals surface area contributed by atoms with E-state index in [0.29, 0.717) is 0 Å². The van der Waals surface area contributed by atoms with Crippen molar-refractivity contribution in [3.05, 3.63) is 0 Å². The van der Waals surface area contributed by atoms with Crippen LogP contribution in [-0.4, -0.2) is 24.8 Å². The van der Waals surface area contributed by atoms with Crippen molar-refractivity contribution in [2.45, 2.75) is 38.2 Å². The highest BCUT2D eigenvalue weighted by atomic mass is 16.3. The molecule has 0 heterocycles. The molecule has 0 amide bonds. The number of likely N-dealkylation sites (N-methyl/N-ethyl adjacent to an activating group) is 1. The minimum Gasteiger partial charge on any atom is -0.392 e. The molecule has 0 radical (unpaired) electrons. The molecule has 0 aromatic carbocycles. The molecule has 1 rings (SSSR count). The van der Waals surface area contributed by atoms with Crippen LogP contribution in [0, 0.1) is 5.92 Å². The zero-order valence-electron chi connectivity index (χ0n) is 7.34. The third kappa shape index (κ3) is 3.21. The quantitative estimate of drug-likeness (QED) is 0.641. The van der Waals surface area contributed by atoms with Gasteiger partial charge in [-0.25, -0.2) is 0 Å². The van der Waals surface area contributed by atoms with E-state index in [0.717, 1.165) is 18.9 Å². The molecule has 11 heavy (non-hydrogen) atoms. The first-order chi connectivity index (χ1) is 5.33. The van der Waals surface area contributed by atoms with Gasteiger partial charge in [-0.15, -0.1) is 0 Å². The molecule has 1 saturated carbocycles. The molecule has 1 fully saturated rings. The minimum atomic E-state index is -0.122. The zero-order chi connectivity index (χ0) is 8.10. The van der Waals surface area contributed by atoms with Crippen LogP contribution in [-0.2, 0) is 0 Å². The second-order valence-corrected chi connectivity index (χ2v) is 3.60. The first kappa shape index (κ1) is 9.01. The van der Waals surface area contributed by atoms with Crippen LogP contribution >= 0.6 is 0 Å². The fraction of sp³-hybridized carbons (Fsp3) is 1.00. The van der Waals surface area contributed by atoms with Crippen LogP contribution in [0.5, 0.6) is 0 Å². The summed E-state index contributed by atoms with van der Waals surface area (Å²) in [6, 6.07) is 0. The molecule has 0 spiro atoms. The van der Waals surface area contributed by atoms with Crippen LogP contribution in [0.2, 0.25) is 0 Å². The van der Waals surface area contributed by atoms with E-state index >= 15 is 0 Å². The maximum atomic E-state index is 9.45. The highest BCUT2D eigenvalue weighted by Crippen LogP contribution is 2.28. The molecule has 0 aromatic heterocycles.